The number of carbonyl (C=O) groups is 1. The predicted octanol–water partition coefficient (Wildman–Crippen LogP) is 0.933. The summed E-state index contributed by atoms with van der Waals surface area (Å²) in [7, 11) is 3.40. The van der Waals surface area contributed by atoms with Crippen molar-refractivity contribution >= 4 is 5.91 Å². The van der Waals surface area contributed by atoms with Gasteiger partial charge in [-0.25, -0.2) is 0 Å². The number of carbonyl (C=O) groups excluding carboxylic acids is 1. The maximum Gasteiger partial charge on any atom is 0.253 e. The van der Waals surface area contributed by atoms with Crippen molar-refractivity contribution in [3.63, 3.8) is 0 Å². The lowest BCUT2D eigenvalue weighted by molar-refractivity contribution is -0.314. The molecule has 0 bridgehead atoms. The van der Waals surface area contributed by atoms with Crippen molar-refractivity contribution < 1.29 is 34.7 Å². The number of benzene rings is 2. The van der Waals surface area contributed by atoms with Crippen LogP contribution in [0.4, 0.5) is 0 Å². The number of aliphatic hydroxyl groups is 4. The zero-order valence-corrected chi connectivity index (χ0v) is 18.0. The summed E-state index contributed by atoms with van der Waals surface area (Å²) in [6.07, 6.45) is -5.38. The lowest BCUT2D eigenvalue weighted by Gasteiger charge is -2.45. The van der Waals surface area contributed by atoms with Crippen LogP contribution in [0.5, 0.6) is 5.75 Å². The lowest BCUT2D eigenvalue weighted by Crippen LogP contribution is -2.66. The normalized spacial score (nSPS) is 28.3. The number of hydrogen-bond donors (Lipinski definition) is 4. The fourth-order valence-electron chi connectivity index (χ4n) is 3.53. The molecule has 8 heteroatoms. The molecule has 1 amide bonds. The van der Waals surface area contributed by atoms with Gasteiger partial charge in [-0.1, -0.05) is 18.2 Å². The van der Waals surface area contributed by atoms with E-state index in [0.717, 1.165) is 16.7 Å². The molecule has 1 aliphatic heterocycles. The second kappa shape index (κ2) is 8.94. The number of aryl methyl sites for hydroxylation is 1. The second-order valence-electron chi connectivity index (χ2n) is 8.23. The number of rotatable bonds is 5. The Kier molecular flexibility index (Phi) is 6.68. The van der Waals surface area contributed by atoms with Crippen molar-refractivity contribution in [3.05, 3.63) is 53.6 Å². The third kappa shape index (κ3) is 4.58. The van der Waals surface area contributed by atoms with Gasteiger partial charge in [0.2, 0.25) is 6.29 Å². The molecule has 8 nitrogen and oxygen atoms in total. The van der Waals surface area contributed by atoms with Gasteiger partial charge in [-0.05, 0) is 54.8 Å². The fourth-order valence-corrected chi connectivity index (χ4v) is 3.53. The molecular weight excluding hydrogens is 402 g/mol. The first-order chi connectivity index (χ1) is 14.6. The molecule has 3 rings (SSSR count). The van der Waals surface area contributed by atoms with Crippen LogP contribution in [0.15, 0.2) is 42.5 Å². The van der Waals surface area contributed by atoms with E-state index in [1.807, 2.05) is 37.3 Å². The van der Waals surface area contributed by atoms with Gasteiger partial charge < -0.3 is 34.8 Å². The van der Waals surface area contributed by atoms with Gasteiger partial charge in [0, 0.05) is 19.7 Å². The van der Waals surface area contributed by atoms with Crippen LogP contribution in [0.3, 0.4) is 0 Å². The van der Waals surface area contributed by atoms with E-state index in [4.69, 9.17) is 9.47 Å². The third-order valence-corrected chi connectivity index (χ3v) is 5.52. The maximum absolute atomic E-state index is 12.2. The minimum Gasteiger partial charge on any atom is -0.461 e. The molecule has 1 heterocycles. The number of amides is 1. The van der Waals surface area contributed by atoms with Crippen LogP contribution < -0.4 is 4.74 Å². The standard InChI is InChI=1S/C23H29NO7/c1-13-10-15(14-6-5-7-16(11-14)21(28)24(3)4)8-9-17(13)30-22-23(2,29)20(27)19(26)18(12-25)31-22/h5-11,18-20,22,25-27,29H,12H2,1-4H3/t18-,19-,20?,22+,23+/m1/s1. The van der Waals surface area contributed by atoms with Gasteiger partial charge in [-0.2, -0.15) is 0 Å². The molecule has 2 aromatic rings. The monoisotopic (exact) mass is 431 g/mol. The number of ether oxygens (including phenoxy) is 2. The van der Waals surface area contributed by atoms with Crippen LogP contribution >= 0.6 is 0 Å². The second-order valence-corrected chi connectivity index (χ2v) is 8.23. The van der Waals surface area contributed by atoms with Gasteiger partial charge in [0.15, 0.2) is 5.60 Å². The summed E-state index contributed by atoms with van der Waals surface area (Å²) in [5.74, 6) is 0.323. The third-order valence-electron chi connectivity index (χ3n) is 5.52. The molecule has 4 N–H and O–H groups in total. The quantitative estimate of drug-likeness (QED) is 0.556. The largest absolute Gasteiger partial charge is 0.461 e. The van der Waals surface area contributed by atoms with E-state index < -0.39 is 36.8 Å². The van der Waals surface area contributed by atoms with Crippen molar-refractivity contribution in [2.24, 2.45) is 0 Å². The van der Waals surface area contributed by atoms with Crippen LogP contribution in [0, 0.1) is 6.92 Å². The molecule has 0 radical (unpaired) electrons. The van der Waals surface area contributed by atoms with Gasteiger partial charge in [-0.3, -0.25) is 4.79 Å². The highest BCUT2D eigenvalue weighted by Gasteiger charge is 2.53. The summed E-state index contributed by atoms with van der Waals surface area (Å²) in [6, 6.07) is 12.7. The molecule has 1 aliphatic rings. The number of aliphatic hydroxyl groups excluding tert-OH is 3. The average Bonchev–Trinajstić information content (AvgIpc) is 2.75. The molecular formula is C23H29NO7. The molecule has 0 aliphatic carbocycles. The number of nitrogens with zero attached hydrogens (tertiary/aromatic N) is 1. The van der Waals surface area contributed by atoms with Crippen LogP contribution in [-0.4, -0.2) is 82.1 Å². The topological polar surface area (TPSA) is 120 Å². The maximum atomic E-state index is 12.2. The molecule has 31 heavy (non-hydrogen) atoms. The molecule has 1 unspecified atom stereocenters. The van der Waals surface area contributed by atoms with E-state index in [1.165, 1.54) is 11.8 Å². The van der Waals surface area contributed by atoms with Gasteiger partial charge in [0.25, 0.3) is 5.91 Å². The van der Waals surface area contributed by atoms with E-state index in [2.05, 4.69) is 0 Å². The molecule has 0 saturated carbocycles. The molecule has 5 atom stereocenters. The Morgan fingerprint density at radius 2 is 1.84 bits per heavy atom. The minimum absolute atomic E-state index is 0.0885. The summed E-state index contributed by atoms with van der Waals surface area (Å²) in [5.41, 5.74) is 1.16. The molecule has 2 aromatic carbocycles. The minimum atomic E-state index is -1.89. The molecule has 168 valence electrons. The van der Waals surface area contributed by atoms with Crippen molar-refractivity contribution in [3.8, 4) is 16.9 Å². The highest BCUT2D eigenvalue weighted by Crippen LogP contribution is 2.34. The van der Waals surface area contributed by atoms with E-state index in [1.54, 1.807) is 26.2 Å². The van der Waals surface area contributed by atoms with Crippen molar-refractivity contribution in [2.45, 2.75) is 44.1 Å². The van der Waals surface area contributed by atoms with Crippen LogP contribution in [0.25, 0.3) is 11.1 Å². The first-order valence-corrected chi connectivity index (χ1v) is 10.0. The first kappa shape index (κ1) is 23.2. The first-order valence-electron chi connectivity index (χ1n) is 10.0. The zero-order chi connectivity index (χ0) is 22.9. The SMILES string of the molecule is Cc1cc(-c2cccc(C(=O)N(C)C)c2)ccc1O[C@H]1O[C@H](CO)[C@@H](O)C(O)[C@]1(C)O. The van der Waals surface area contributed by atoms with Gasteiger partial charge in [0.1, 0.15) is 24.1 Å². The smallest absolute Gasteiger partial charge is 0.253 e. The fraction of sp³-hybridized carbons (Fsp3) is 0.435. The molecule has 0 spiro atoms. The Hall–Kier alpha value is -2.49. The Morgan fingerprint density at radius 1 is 1.16 bits per heavy atom. The zero-order valence-electron chi connectivity index (χ0n) is 18.0. The van der Waals surface area contributed by atoms with Gasteiger partial charge in [-0.15, -0.1) is 0 Å². The highest BCUT2D eigenvalue weighted by atomic mass is 16.7. The van der Waals surface area contributed by atoms with Crippen molar-refractivity contribution in [2.75, 3.05) is 20.7 Å². The number of hydrogen-bond acceptors (Lipinski definition) is 7. The summed E-state index contributed by atoms with van der Waals surface area (Å²) >= 11 is 0. The predicted molar refractivity (Wildman–Crippen MR) is 114 cm³/mol. The van der Waals surface area contributed by atoms with Crippen LogP contribution in [-0.2, 0) is 4.74 Å². The van der Waals surface area contributed by atoms with Crippen molar-refractivity contribution in [1.82, 2.24) is 4.90 Å². The van der Waals surface area contributed by atoms with Crippen molar-refractivity contribution in [1.29, 1.82) is 0 Å². The molecule has 0 aromatic heterocycles. The average molecular weight is 431 g/mol. The van der Waals surface area contributed by atoms with Crippen LogP contribution in [0.1, 0.15) is 22.8 Å². The van der Waals surface area contributed by atoms with E-state index in [0.29, 0.717) is 11.3 Å². The van der Waals surface area contributed by atoms with E-state index in [9.17, 15) is 25.2 Å². The molecule has 1 fully saturated rings. The summed E-state index contributed by atoms with van der Waals surface area (Å²) in [6.45, 7) is 2.59. The highest BCUT2D eigenvalue weighted by molar-refractivity contribution is 5.95. The molecule has 1 saturated heterocycles. The summed E-state index contributed by atoms with van der Waals surface area (Å²) < 4.78 is 11.3. The summed E-state index contributed by atoms with van der Waals surface area (Å²) in [5, 5.41) is 40.2. The van der Waals surface area contributed by atoms with Crippen LogP contribution in [0.2, 0.25) is 0 Å². The Balaban J connectivity index is 1.85. The Morgan fingerprint density at radius 3 is 2.45 bits per heavy atom. The van der Waals surface area contributed by atoms with E-state index in [-0.39, 0.29) is 5.91 Å². The van der Waals surface area contributed by atoms with Gasteiger partial charge in [0.05, 0.1) is 6.61 Å². The van der Waals surface area contributed by atoms with Gasteiger partial charge >= 0.3 is 0 Å². The Bertz CT molecular complexity index is 943. The Labute approximate surface area is 181 Å². The van der Waals surface area contributed by atoms with E-state index >= 15 is 0 Å². The summed E-state index contributed by atoms with van der Waals surface area (Å²) in [4.78, 5) is 13.8. The lowest BCUT2D eigenvalue weighted by atomic mass is 9.88.